The number of aryl methyl sites for hydroxylation is 1. The summed E-state index contributed by atoms with van der Waals surface area (Å²) in [6.45, 7) is 4.79. The quantitative estimate of drug-likeness (QED) is 0.566. The molecule has 7 heteroatoms. The predicted molar refractivity (Wildman–Crippen MR) is 130 cm³/mol. The van der Waals surface area contributed by atoms with Crippen molar-refractivity contribution in [3.8, 4) is 17.1 Å². The van der Waals surface area contributed by atoms with Gasteiger partial charge in [-0.2, -0.15) is 5.10 Å². The summed E-state index contributed by atoms with van der Waals surface area (Å²) in [6, 6.07) is 13.5. The number of carbonyl (C=O) groups is 2. The highest BCUT2D eigenvalue weighted by atomic mass is 16.3. The Balaban J connectivity index is 1.33. The Kier molecular flexibility index (Phi) is 6.52. The molecule has 5 rings (SSSR count). The van der Waals surface area contributed by atoms with Crippen LogP contribution in [-0.2, 0) is 4.79 Å². The SMILES string of the molecule is Cc1ccc(-c2nn(-c3ccccc3)cc2C(=O)N2CCC(C(=O)N3CCCCCC3)CC2)o1. The Labute approximate surface area is 200 Å². The van der Waals surface area contributed by atoms with E-state index in [4.69, 9.17) is 9.52 Å². The largest absolute Gasteiger partial charge is 0.460 e. The molecule has 0 atom stereocenters. The number of para-hydroxylation sites is 1. The van der Waals surface area contributed by atoms with Crippen molar-refractivity contribution in [1.29, 1.82) is 0 Å². The van der Waals surface area contributed by atoms with Crippen LogP contribution >= 0.6 is 0 Å². The minimum absolute atomic E-state index is 0.0152. The Morgan fingerprint density at radius 1 is 0.882 bits per heavy atom. The summed E-state index contributed by atoms with van der Waals surface area (Å²) in [5.74, 6) is 1.59. The van der Waals surface area contributed by atoms with E-state index in [1.54, 1.807) is 10.9 Å². The highest BCUT2D eigenvalue weighted by Gasteiger charge is 2.32. The summed E-state index contributed by atoms with van der Waals surface area (Å²) < 4.78 is 7.56. The van der Waals surface area contributed by atoms with E-state index in [-0.39, 0.29) is 17.7 Å². The van der Waals surface area contributed by atoms with Gasteiger partial charge in [0.1, 0.15) is 11.5 Å². The lowest BCUT2D eigenvalue weighted by Crippen LogP contribution is -2.44. The third kappa shape index (κ3) is 4.65. The molecule has 2 saturated heterocycles. The van der Waals surface area contributed by atoms with Crippen LogP contribution in [0, 0.1) is 12.8 Å². The molecule has 0 radical (unpaired) electrons. The van der Waals surface area contributed by atoms with Crippen molar-refractivity contribution >= 4 is 11.8 Å². The zero-order valence-electron chi connectivity index (χ0n) is 19.8. The van der Waals surface area contributed by atoms with Crippen molar-refractivity contribution in [3.63, 3.8) is 0 Å². The van der Waals surface area contributed by atoms with Crippen molar-refractivity contribution in [2.45, 2.75) is 45.4 Å². The first-order chi connectivity index (χ1) is 16.6. The number of amides is 2. The first kappa shape index (κ1) is 22.4. The van der Waals surface area contributed by atoms with Gasteiger partial charge in [0.2, 0.25) is 5.91 Å². The molecular formula is C27H32N4O3. The molecule has 1 aromatic carbocycles. The molecular weight excluding hydrogens is 428 g/mol. The topological polar surface area (TPSA) is 71.6 Å². The zero-order chi connectivity index (χ0) is 23.5. The number of hydrogen-bond acceptors (Lipinski definition) is 4. The summed E-state index contributed by atoms with van der Waals surface area (Å²) in [7, 11) is 0. The highest BCUT2D eigenvalue weighted by Crippen LogP contribution is 2.29. The third-order valence-electron chi connectivity index (χ3n) is 6.99. The van der Waals surface area contributed by atoms with Crippen LogP contribution in [0.25, 0.3) is 17.1 Å². The standard InChI is InChI=1S/C27H32N4O3/c1-20-11-12-24(34-20)25-23(19-31(28-25)22-9-5-4-6-10-22)27(33)30-17-13-21(14-18-30)26(32)29-15-7-2-3-8-16-29/h4-6,9-12,19,21H,2-3,7-8,13-18H2,1H3. The van der Waals surface area contributed by atoms with Gasteiger partial charge in [0.15, 0.2) is 5.76 Å². The summed E-state index contributed by atoms with van der Waals surface area (Å²) in [5, 5.41) is 4.71. The molecule has 2 aromatic heterocycles. The molecule has 3 aromatic rings. The molecule has 0 saturated carbocycles. The minimum Gasteiger partial charge on any atom is -0.460 e. The lowest BCUT2D eigenvalue weighted by atomic mass is 9.94. The average molecular weight is 461 g/mol. The van der Waals surface area contributed by atoms with E-state index in [0.29, 0.717) is 42.9 Å². The molecule has 2 aliphatic rings. The smallest absolute Gasteiger partial charge is 0.257 e. The van der Waals surface area contributed by atoms with Crippen LogP contribution in [0.2, 0.25) is 0 Å². The maximum Gasteiger partial charge on any atom is 0.257 e. The first-order valence-corrected chi connectivity index (χ1v) is 12.4. The Hall–Kier alpha value is -3.35. The maximum absolute atomic E-state index is 13.6. The van der Waals surface area contributed by atoms with Gasteiger partial charge in [0, 0.05) is 38.3 Å². The molecule has 2 fully saturated rings. The summed E-state index contributed by atoms with van der Waals surface area (Å²) in [6.07, 6.45) is 7.84. The van der Waals surface area contributed by atoms with Crippen LogP contribution in [-0.4, -0.2) is 57.6 Å². The van der Waals surface area contributed by atoms with E-state index in [1.807, 2.05) is 54.3 Å². The fraction of sp³-hybridized carbons (Fsp3) is 0.444. The second-order valence-electron chi connectivity index (χ2n) is 9.39. The molecule has 0 bridgehead atoms. The molecule has 2 aliphatic heterocycles. The normalized spacial score (nSPS) is 17.6. The fourth-order valence-corrected chi connectivity index (χ4v) is 5.04. The minimum atomic E-state index is -0.0631. The fourth-order valence-electron chi connectivity index (χ4n) is 5.04. The van der Waals surface area contributed by atoms with E-state index in [2.05, 4.69) is 4.90 Å². The van der Waals surface area contributed by atoms with Gasteiger partial charge in [-0.3, -0.25) is 9.59 Å². The van der Waals surface area contributed by atoms with Gasteiger partial charge < -0.3 is 14.2 Å². The zero-order valence-corrected chi connectivity index (χ0v) is 19.8. The Morgan fingerprint density at radius 2 is 1.59 bits per heavy atom. The lowest BCUT2D eigenvalue weighted by Gasteiger charge is -2.34. The van der Waals surface area contributed by atoms with Crippen LogP contribution in [0.1, 0.15) is 54.6 Å². The number of hydrogen-bond donors (Lipinski definition) is 0. The Bertz CT molecular complexity index is 1130. The van der Waals surface area contributed by atoms with Gasteiger partial charge in [0.25, 0.3) is 5.91 Å². The van der Waals surface area contributed by atoms with E-state index in [0.717, 1.165) is 37.4 Å². The molecule has 2 amide bonds. The monoisotopic (exact) mass is 460 g/mol. The van der Waals surface area contributed by atoms with Crippen molar-refractivity contribution in [3.05, 3.63) is 60.0 Å². The summed E-state index contributed by atoms with van der Waals surface area (Å²) >= 11 is 0. The number of piperidine rings is 1. The molecule has 7 nitrogen and oxygen atoms in total. The van der Waals surface area contributed by atoms with Crippen LogP contribution in [0.5, 0.6) is 0 Å². The van der Waals surface area contributed by atoms with Gasteiger partial charge in [-0.1, -0.05) is 31.0 Å². The van der Waals surface area contributed by atoms with Gasteiger partial charge in [0.05, 0.1) is 11.3 Å². The number of likely N-dealkylation sites (tertiary alicyclic amines) is 2. The molecule has 4 heterocycles. The van der Waals surface area contributed by atoms with Crippen LogP contribution < -0.4 is 0 Å². The second kappa shape index (κ2) is 9.87. The van der Waals surface area contributed by atoms with Crippen molar-refractivity contribution in [2.24, 2.45) is 5.92 Å². The van der Waals surface area contributed by atoms with Crippen molar-refractivity contribution in [2.75, 3.05) is 26.2 Å². The highest BCUT2D eigenvalue weighted by molar-refractivity contribution is 5.99. The number of furan rings is 1. The van der Waals surface area contributed by atoms with Crippen LogP contribution in [0.4, 0.5) is 0 Å². The van der Waals surface area contributed by atoms with Gasteiger partial charge in [-0.25, -0.2) is 4.68 Å². The maximum atomic E-state index is 13.6. The van der Waals surface area contributed by atoms with Gasteiger partial charge in [-0.15, -0.1) is 0 Å². The van der Waals surface area contributed by atoms with Crippen molar-refractivity contribution in [1.82, 2.24) is 19.6 Å². The number of rotatable bonds is 4. The summed E-state index contributed by atoms with van der Waals surface area (Å²) in [5.41, 5.74) is 1.95. The molecule has 0 N–H and O–H groups in total. The van der Waals surface area contributed by atoms with Gasteiger partial charge >= 0.3 is 0 Å². The lowest BCUT2D eigenvalue weighted by molar-refractivity contribution is -0.136. The Morgan fingerprint density at radius 3 is 2.24 bits per heavy atom. The molecule has 34 heavy (non-hydrogen) atoms. The van der Waals surface area contributed by atoms with E-state index in [1.165, 1.54) is 12.8 Å². The number of aromatic nitrogens is 2. The predicted octanol–water partition coefficient (Wildman–Crippen LogP) is 4.70. The third-order valence-corrected chi connectivity index (χ3v) is 6.99. The summed E-state index contributed by atoms with van der Waals surface area (Å²) in [4.78, 5) is 30.6. The van der Waals surface area contributed by atoms with E-state index >= 15 is 0 Å². The van der Waals surface area contributed by atoms with E-state index in [9.17, 15) is 9.59 Å². The first-order valence-electron chi connectivity index (χ1n) is 12.4. The van der Waals surface area contributed by atoms with Gasteiger partial charge in [-0.05, 0) is 56.9 Å². The molecule has 178 valence electrons. The number of carbonyl (C=O) groups excluding carboxylic acids is 2. The van der Waals surface area contributed by atoms with Crippen LogP contribution in [0.3, 0.4) is 0 Å². The molecule has 0 spiro atoms. The average Bonchev–Trinajstić information content (AvgIpc) is 3.41. The van der Waals surface area contributed by atoms with E-state index < -0.39 is 0 Å². The number of benzene rings is 1. The molecule has 0 unspecified atom stereocenters. The number of nitrogens with zero attached hydrogens (tertiary/aromatic N) is 4. The van der Waals surface area contributed by atoms with Crippen LogP contribution in [0.15, 0.2) is 53.1 Å². The molecule has 0 aliphatic carbocycles. The van der Waals surface area contributed by atoms with Crippen molar-refractivity contribution < 1.29 is 14.0 Å². The second-order valence-corrected chi connectivity index (χ2v) is 9.39.